The van der Waals surface area contributed by atoms with Crippen molar-refractivity contribution in [2.24, 2.45) is 5.92 Å². The van der Waals surface area contributed by atoms with Crippen LogP contribution in [-0.2, 0) is 32.9 Å². The van der Waals surface area contributed by atoms with E-state index in [-0.39, 0.29) is 26.5 Å². The van der Waals surface area contributed by atoms with Crippen LogP contribution in [0.15, 0.2) is 85.2 Å². The molecule has 3 heterocycles. The third-order valence-electron chi connectivity index (χ3n) is 7.32. The summed E-state index contributed by atoms with van der Waals surface area (Å²) in [6.45, 7) is 18.7. The van der Waals surface area contributed by atoms with Gasteiger partial charge in [0.05, 0.1) is 6.57 Å². The topological polar surface area (TPSA) is 44.3 Å². The summed E-state index contributed by atoms with van der Waals surface area (Å²) in [5, 5.41) is 2.18. The number of nitrogens with zero attached hydrogens (tertiary/aromatic N) is 4. The van der Waals surface area contributed by atoms with E-state index in [1.165, 1.54) is 11.1 Å². The van der Waals surface area contributed by atoms with Crippen LogP contribution < -0.4 is 4.74 Å². The molecule has 3 aromatic carbocycles. The Hall–Kier alpha value is -4.26. The molecule has 0 saturated carbocycles. The summed E-state index contributed by atoms with van der Waals surface area (Å²) in [5.74, 6) is 2.34. The molecule has 0 aliphatic carbocycles. The van der Waals surface area contributed by atoms with Crippen molar-refractivity contribution >= 4 is 27.5 Å². The fraction of sp³-hybridized carbons (Fsp3) is 0.216. The Bertz CT molecular complexity index is 1980. The maximum absolute atomic E-state index is 7.69. The molecule has 0 atom stereocenters. The van der Waals surface area contributed by atoms with Crippen LogP contribution in [0.5, 0.6) is 11.5 Å². The van der Waals surface area contributed by atoms with Crippen molar-refractivity contribution in [3.8, 4) is 28.6 Å². The van der Waals surface area contributed by atoms with Gasteiger partial charge in [-0.05, 0) is 58.7 Å². The van der Waals surface area contributed by atoms with Crippen LogP contribution in [0.3, 0.4) is 0 Å². The predicted octanol–water partition coefficient (Wildman–Crippen LogP) is 9.68. The number of para-hydroxylation sites is 1. The molecule has 5 nitrogen and oxygen atoms in total. The largest absolute Gasteiger partial charge is 2.00 e. The quantitative estimate of drug-likeness (QED) is 0.160. The maximum Gasteiger partial charge on any atom is 2.00 e. The number of hydrogen-bond acceptors (Lipinski definition) is 3. The molecule has 0 unspecified atom stereocenters. The number of rotatable bonds is 6. The van der Waals surface area contributed by atoms with Gasteiger partial charge in [-0.1, -0.05) is 82.1 Å². The minimum absolute atomic E-state index is 0. The first-order chi connectivity index (χ1) is 20.2. The zero-order chi connectivity index (χ0) is 29.4. The van der Waals surface area contributed by atoms with E-state index >= 15 is 0 Å². The second-order valence-corrected chi connectivity index (χ2v) is 12.1. The Morgan fingerprint density at radius 3 is 2.44 bits per heavy atom. The summed E-state index contributed by atoms with van der Waals surface area (Å²) in [5.41, 5.74) is 6.28. The third kappa shape index (κ3) is 6.26. The predicted molar refractivity (Wildman–Crippen MR) is 169 cm³/mol. The van der Waals surface area contributed by atoms with Gasteiger partial charge in [-0.15, -0.1) is 29.1 Å². The number of fused-ring (bicyclic) bond motifs is 3. The van der Waals surface area contributed by atoms with E-state index < -0.39 is 0 Å². The first-order valence-electron chi connectivity index (χ1n) is 14.2. The minimum Gasteiger partial charge on any atom is -0.504 e. The van der Waals surface area contributed by atoms with Gasteiger partial charge in [0.2, 0.25) is 0 Å². The summed E-state index contributed by atoms with van der Waals surface area (Å²) < 4.78 is 8.48. The SMILES string of the molecule is [C-]#[N+]c1cc(Oc2[c-]c3c(cc2)c2ccccc2n3-c2cc(C(C)(C)C)ccn2)[c-]c(-c2cc(CC(C)C)ccn2)c1.[Pt+2]. The standard InChI is InChI=1S/C37H32N4O.Pt/c1-24(2)17-25-13-15-39-33(18-25)26-19-28(38-6)22-30(20-26)42-29-11-12-32-31-9-7-8-10-34(31)41(35(32)23-29)36-21-27(14-16-40-36)37(3,4)5;/h7-16,18-19,21-22,24H,17H2,1-5H3;/q-2;+2. The van der Waals surface area contributed by atoms with Gasteiger partial charge in [0, 0.05) is 29.4 Å². The molecular formula is C37H32N4OPt. The Kier molecular flexibility index (Phi) is 8.54. The van der Waals surface area contributed by atoms with Gasteiger partial charge >= 0.3 is 21.1 Å². The van der Waals surface area contributed by atoms with Gasteiger partial charge in [-0.2, -0.15) is 6.07 Å². The van der Waals surface area contributed by atoms with Gasteiger partial charge in [-0.25, -0.2) is 4.98 Å². The molecule has 43 heavy (non-hydrogen) atoms. The van der Waals surface area contributed by atoms with Gasteiger partial charge < -0.3 is 14.3 Å². The molecule has 216 valence electrons. The zero-order valence-electron chi connectivity index (χ0n) is 24.9. The third-order valence-corrected chi connectivity index (χ3v) is 7.32. The van der Waals surface area contributed by atoms with Gasteiger partial charge in [0.1, 0.15) is 11.5 Å². The average molecular weight is 744 g/mol. The molecule has 0 aliphatic heterocycles. The number of benzene rings is 3. The summed E-state index contributed by atoms with van der Waals surface area (Å²) in [6.07, 6.45) is 4.64. The number of pyridine rings is 2. The van der Waals surface area contributed by atoms with Crippen molar-refractivity contribution in [1.82, 2.24) is 14.5 Å². The first-order valence-corrected chi connectivity index (χ1v) is 14.2. The van der Waals surface area contributed by atoms with Gasteiger partial charge in [-0.3, -0.25) is 4.85 Å². The second-order valence-electron chi connectivity index (χ2n) is 12.1. The number of ether oxygens (including phenoxy) is 1. The molecule has 0 bridgehead atoms. The van der Waals surface area contributed by atoms with Crippen LogP contribution in [-0.4, -0.2) is 14.5 Å². The Balaban J connectivity index is 0.00000368. The smallest absolute Gasteiger partial charge is 0.504 e. The first kappa shape index (κ1) is 30.2. The number of hydrogen-bond donors (Lipinski definition) is 0. The van der Waals surface area contributed by atoms with Gasteiger partial charge in [0.15, 0.2) is 0 Å². The van der Waals surface area contributed by atoms with Crippen molar-refractivity contribution in [3.05, 3.63) is 120 Å². The number of aromatic nitrogens is 3. The van der Waals surface area contributed by atoms with E-state index in [0.717, 1.165) is 45.3 Å². The molecule has 0 saturated heterocycles. The van der Waals surface area contributed by atoms with Crippen LogP contribution in [0.4, 0.5) is 5.69 Å². The molecule has 6 heteroatoms. The summed E-state index contributed by atoms with van der Waals surface area (Å²) >= 11 is 0. The molecule has 3 aromatic heterocycles. The second kappa shape index (κ2) is 12.2. The van der Waals surface area contributed by atoms with Crippen molar-refractivity contribution < 1.29 is 25.8 Å². The Labute approximate surface area is 267 Å². The fourth-order valence-electron chi connectivity index (χ4n) is 5.30. The van der Waals surface area contributed by atoms with Crippen molar-refractivity contribution in [3.63, 3.8) is 0 Å². The van der Waals surface area contributed by atoms with E-state index in [1.807, 2.05) is 36.7 Å². The van der Waals surface area contributed by atoms with Crippen molar-refractivity contribution in [1.29, 1.82) is 0 Å². The fourth-order valence-corrected chi connectivity index (χ4v) is 5.30. The molecular weight excluding hydrogens is 712 g/mol. The Morgan fingerprint density at radius 1 is 0.884 bits per heavy atom. The molecule has 0 radical (unpaired) electrons. The van der Waals surface area contributed by atoms with Crippen LogP contribution in [0.25, 0.3) is 43.7 Å². The van der Waals surface area contributed by atoms with Crippen LogP contribution in [0, 0.1) is 24.6 Å². The Morgan fingerprint density at radius 2 is 1.67 bits per heavy atom. The summed E-state index contributed by atoms with van der Waals surface area (Å²) in [4.78, 5) is 13.0. The molecule has 0 N–H and O–H groups in total. The molecule has 0 fully saturated rings. The van der Waals surface area contributed by atoms with Crippen molar-refractivity contribution in [2.75, 3.05) is 0 Å². The summed E-state index contributed by atoms with van der Waals surface area (Å²) in [7, 11) is 0. The minimum atomic E-state index is -0.0148. The molecule has 0 aliphatic rings. The normalized spacial score (nSPS) is 11.5. The summed E-state index contributed by atoms with van der Waals surface area (Å²) in [6, 6.07) is 31.0. The molecule has 0 amide bonds. The van der Waals surface area contributed by atoms with E-state index in [0.29, 0.717) is 23.1 Å². The maximum atomic E-state index is 7.69. The van der Waals surface area contributed by atoms with E-state index in [1.54, 1.807) is 12.1 Å². The zero-order valence-corrected chi connectivity index (χ0v) is 27.2. The van der Waals surface area contributed by atoms with Gasteiger partial charge in [0.25, 0.3) is 0 Å². The average Bonchev–Trinajstić information content (AvgIpc) is 3.30. The van der Waals surface area contributed by atoms with Crippen LogP contribution in [0.1, 0.15) is 45.7 Å². The van der Waals surface area contributed by atoms with E-state index in [9.17, 15) is 0 Å². The molecule has 0 spiro atoms. The molecule has 6 aromatic rings. The monoisotopic (exact) mass is 743 g/mol. The van der Waals surface area contributed by atoms with E-state index in [2.05, 4.69) is 97.5 Å². The van der Waals surface area contributed by atoms with Crippen LogP contribution in [0.2, 0.25) is 0 Å². The van der Waals surface area contributed by atoms with Crippen LogP contribution >= 0.6 is 0 Å². The molecule has 6 rings (SSSR count). The van der Waals surface area contributed by atoms with Crippen molar-refractivity contribution in [2.45, 2.75) is 46.5 Å². The van der Waals surface area contributed by atoms with E-state index in [4.69, 9.17) is 16.3 Å².